The van der Waals surface area contributed by atoms with Gasteiger partial charge < -0.3 is 10.1 Å². The minimum atomic E-state index is -4.31. The van der Waals surface area contributed by atoms with Crippen LogP contribution in [-0.2, 0) is 10.0 Å². The Bertz CT molecular complexity index is 794. The van der Waals surface area contributed by atoms with E-state index in [2.05, 4.69) is 4.98 Å². The number of carboxylic acid groups (broad SMARTS) is 1. The van der Waals surface area contributed by atoms with E-state index in [9.17, 15) is 22.0 Å². The zero-order valence-electron chi connectivity index (χ0n) is 10.6. The fraction of sp³-hybridized carbons (Fsp3) is 0.0833. The number of halogens is 2. The fourth-order valence-electron chi connectivity index (χ4n) is 1.73. The molecule has 0 unspecified atom stereocenters. The van der Waals surface area contributed by atoms with Crippen molar-refractivity contribution in [2.45, 2.75) is 11.8 Å². The number of carboxylic acids is 1. The number of anilines is 1. The molecule has 0 saturated carbocycles. The van der Waals surface area contributed by atoms with Crippen molar-refractivity contribution in [1.29, 1.82) is 0 Å². The molecule has 0 saturated heterocycles. The van der Waals surface area contributed by atoms with Gasteiger partial charge >= 0.3 is 5.97 Å². The second-order valence-corrected chi connectivity index (χ2v) is 5.94. The van der Waals surface area contributed by atoms with Gasteiger partial charge in [-0.1, -0.05) is 0 Å². The summed E-state index contributed by atoms with van der Waals surface area (Å²) in [4.78, 5) is 12.8. The number of aromatic nitrogens is 1. The quantitative estimate of drug-likeness (QED) is 0.804. The van der Waals surface area contributed by atoms with E-state index in [4.69, 9.17) is 5.11 Å². The monoisotopic (exact) mass is 316 g/mol. The van der Waals surface area contributed by atoms with Gasteiger partial charge in [-0.3, -0.25) is 4.72 Å². The van der Waals surface area contributed by atoms with Crippen molar-refractivity contribution in [3.8, 4) is 0 Å². The third-order valence-electron chi connectivity index (χ3n) is 2.56. The summed E-state index contributed by atoms with van der Waals surface area (Å²) in [5.41, 5.74) is -0.173. The Morgan fingerprint density at radius 2 is 1.76 bits per heavy atom. The molecule has 0 atom stereocenters. The number of carbonyl (C=O) groups is 1. The number of rotatable bonds is 4. The molecule has 0 aliphatic carbocycles. The molecule has 0 bridgehead atoms. The van der Waals surface area contributed by atoms with Crippen LogP contribution in [0.15, 0.2) is 29.2 Å². The summed E-state index contributed by atoms with van der Waals surface area (Å²) >= 11 is 0. The smallest absolute Gasteiger partial charge is 0.354 e. The van der Waals surface area contributed by atoms with Crippen LogP contribution >= 0.6 is 0 Å². The van der Waals surface area contributed by atoms with Crippen molar-refractivity contribution < 1.29 is 27.1 Å². The van der Waals surface area contributed by atoms with E-state index >= 15 is 0 Å². The second-order valence-electron chi connectivity index (χ2n) is 4.26. The SMILES string of the molecule is Cc1cc(NS(=O)(=O)c2cc(F)cc(F)c2)c(C(=O)O)[nH]1. The fourth-order valence-corrected chi connectivity index (χ4v) is 2.83. The largest absolute Gasteiger partial charge is 0.477 e. The Labute approximate surface area is 118 Å². The Kier molecular flexibility index (Phi) is 3.69. The molecule has 1 aromatic heterocycles. The maximum Gasteiger partial charge on any atom is 0.354 e. The van der Waals surface area contributed by atoms with E-state index in [0.29, 0.717) is 23.9 Å². The number of H-pyrrole nitrogens is 1. The van der Waals surface area contributed by atoms with Crippen molar-refractivity contribution in [1.82, 2.24) is 4.98 Å². The first-order valence-electron chi connectivity index (χ1n) is 5.61. The topological polar surface area (TPSA) is 99.3 Å². The highest BCUT2D eigenvalue weighted by Crippen LogP contribution is 2.22. The van der Waals surface area contributed by atoms with Gasteiger partial charge in [-0.25, -0.2) is 22.0 Å². The van der Waals surface area contributed by atoms with E-state index < -0.39 is 32.5 Å². The molecule has 9 heteroatoms. The summed E-state index contributed by atoms with van der Waals surface area (Å²) in [5.74, 6) is -3.48. The molecule has 2 aromatic rings. The number of benzene rings is 1. The van der Waals surface area contributed by atoms with Crippen molar-refractivity contribution in [2.24, 2.45) is 0 Å². The van der Waals surface area contributed by atoms with E-state index in [0.717, 1.165) is 0 Å². The zero-order valence-corrected chi connectivity index (χ0v) is 11.5. The highest BCUT2D eigenvalue weighted by atomic mass is 32.2. The third kappa shape index (κ3) is 3.19. The summed E-state index contributed by atoms with van der Waals surface area (Å²) in [5, 5.41) is 8.95. The summed E-state index contributed by atoms with van der Waals surface area (Å²) in [7, 11) is -4.31. The van der Waals surface area contributed by atoms with Crippen LogP contribution in [-0.4, -0.2) is 24.5 Å². The van der Waals surface area contributed by atoms with Crippen LogP contribution in [0.25, 0.3) is 0 Å². The molecule has 1 aromatic carbocycles. The van der Waals surface area contributed by atoms with Crippen LogP contribution in [0.4, 0.5) is 14.5 Å². The first-order valence-corrected chi connectivity index (χ1v) is 7.09. The molecular formula is C12H10F2N2O4S. The van der Waals surface area contributed by atoms with Crippen LogP contribution < -0.4 is 4.72 Å². The first kappa shape index (κ1) is 15.0. The predicted octanol–water partition coefficient (Wildman–Crippen LogP) is 2.10. The molecule has 1 heterocycles. The van der Waals surface area contributed by atoms with Gasteiger partial charge in [0.15, 0.2) is 0 Å². The maximum atomic E-state index is 13.1. The van der Waals surface area contributed by atoms with Gasteiger partial charge in [-0.15, -0.1) is 0 Å². The molecule has 2 rings (SSSR count). The molecule has 3 N–H and O–H groups in total. The second kappa shape index (κ2) is 5.17. The summed E-state index contributed by atoms with van der Waals surface area (Å²) in [6.07, 6.45) is 0. The Balaban J connectivity index is 2.44. The summed E-state index contributed by atoms with van der Waals surface area (Å²) in [6.45, 7) is 1.53. The third-order valence-corrected chi connectivity index (χ3v) is 3.90. The average Bonchev–Trinajstić information content (AvgIpc) is 2.68. The molecule has 6 nitrogen and oxygen atoms in total. The lowest BCUT2D eigenvalue weighted by atomic mass is 10.3. The van der Waals surface area contributed by atoms with E-state index in [1.54, 1.807) is 0 Å². The number of sulfonamides is 1. The van der Waals surface area contributed by atoms with Crippen molar-refractivity contribution >= 4 is 21.7 Å². The number of nitrogens with one attached hydrogen (secondary N) is 2. The van der Waals surface area contributed by atoms with Crippen LogP contribution in [0.1, 0.15) is 16.2 Å². The lowest BCUT2D eigenvalue weighted by molar-refractivity contribution is 0.0692. The predicted molar refractivity (Wildman–Crippen MR) is 69.7 cm³/mol. The van der Waals surface area contributed by atoms with Crippen LogP contribution in [0.2, 0.25) is 0 Å². The van der Waals surface area contributed by atoms with Gasteiger partial charge in [0.25, 0.3) is 10.0 Å². The van der Waals surface area contributed by atoms with Crippen molar-refractivity contribution in [3.05, 3.63) is 47.3 Å². The number of hydrogen-bond acceptors (Lipinski definition) is 3. The molecule has 0 amide bonds. The number of hydrogen-bond donors (Lipinski definition) is 3. The van der Waals surface area contributed by atoms with Gasteiger partial charge in [0, 0.05) is 11.8 Å². The Hall–Kier alpha value is -2.42. The molecule has 0 fully saturated rings. The lowest BCUT2D eigenvalue weighted by Gasteiger charge is -2.07. The van der Waals surface area contributed by atoms with E-state index in [-0.39, 0.29) is 11.4 Å². The van der Waals surface area contributed by atoms with Crippen molar-refractivity contribution in [3.63, 3.8) is 0 Å². The van der Waals surface area contributed by atoms with Gasteiger partial charge in [0.05, 0.1) is 10.6 Å². The van der Waals surface area contributed by atoms with E-state index in [1.165, 1.54) is 13.0 Å². The molecule has 21 heavy (non-hydrogen) atoms. The molecule has 112 valence electrons. The van der Waals surface area contributed by atoms with Gasteiger partial charge in [0.2, 0.25) is 0 Å². The Morgan fingerprint density at radius 3 is 2.29 bits per heavy atom. The molecule has 0 spiro atoms. The summed E-state index contributed by atoms with van der Waals surface area (Å²) in [6, 6.07) is 3.05. The average molecular weight is 316 g/mol. The number of aromatic carboxylic acids is 1. The molecular weight excluding hydrogens is 306 g/mol. The van der Waals surface area contributed by atoms with Gasteiger partial charge in [-0.2, -0.15) is 0 Å². The molecule has 0 aliphatic heterocycles. The van der Waals surface area contributed by atoms with Crippen LogP contribution in [0.5, 0.6) is 0 Å². The van der Waals surface area contributed by atoms with Crippen molar-refractivity contribution in [2.75, 3.05) is 4.72 Å². The van der Waals surface area contributed by atoms with Gasteiger partial charge in [0.1, 0.15) is 17.3 Å². The standard InChI is InChI=1S/C12H10F2N2O4S/c1-6-2-10(11(15-6)12(17)18)16-21(19,20)9-4-7(13)3-8(14)5-9/h2-5,15-16H,1H3,(H,17,18). The zero-order chi connectivity index (χ0) is 15.8. The Morgan fingerprint density at radius 1 is 1.19 bits per heavy atom. The minimum absolute atomic E-state index is 0.218. The summed E-state index contributed by atoms with van der Waals surface area (Å²) < 4.78 is 52.2. The highest BCUT2D eigenvalue weighted by Gasteiger charge is 2.21. The molecule has 0 radical (unpaired) electrons. The lowest BCUT2D eigenvalue weighted by Crippen LogP contribution is -2.15. The minimum Gasteiger partial charge on any atom is -0.477 e. The first-order chi connectivity index (χ1) is 9.69. The molecule has 0 aliphatic rings. The normalized spacial score (nSPS) is 11.4. The van der Waals surface area contributed by atoms with Gasteiger partial charge in [-0.05, 0) is 25.1 Å². The number of aryl methyl sites for hydroxylation is 1. The van der Waals surface area contributed by atoms with Crippen LogP contribution in [0, 0.1) is 18.6 Å². The number of aromatic amines is 1. The highest BCUT2D eigenvalue weighted by molar-refractivity contribution is 7.92. The maximum absolute atomic E-state index is 13.1. The van der Waals surface area contributed by atoms with E-state index in [1.807, 2.05) is 4.72 Å². The van der Waals surface area contributed by atoms with Crippen LogP contribution in [0.3, 0.4) is 0 Å².